The molecule has 7 rings (SSSR count). The van der Waals surface area contributed by atoms with Crippen molar-refractivity contribution in [1.29, 1.82) is 0 Å². The molecule has 4 N–H and O–H groups in total. The van der Waals surface area contributed by atoms with Gasteiger partial charge in [0.15, 0.2) is 0 Å². The highest BCUT2D eigenvalue weighted by Gasteiger charge is 2.37. The van der Waals surface area contributed by atoms with Gasteiger partial charge in [-0.1, -0.05) is 29.8 Å². The number of H-pyrrole nitrogens is 1. The standard InChI is InChI=1S/C35H40ClF3N8O4/c36-26-18-21(17-25(31(26)48)35(37,38)39)19-28(32(49)45-11-5-22(6-12-45)44-15-9-40-10-16-44)42-33(50)46-13-7-23(8-14-46)47-29-20-41-27-4-2-1-3-24(27)30(29)43-34(47)51/h1-4,17-18,20,22-23,28,40,48H,5-16,19H2,(H,42,50)(H,43,51)/t28-/m1/s1. The van der Waals surface area contributed by atoms with Gasteiger partial charge in [-0.2, -0.15) is 13.2 Å². The van der Waals surface area contributed by atoms with Gasteiger partial charge in [-0.05, 0) is 49.4 Å². The number of amides is 3. The molecular weight excluding hydrogens is 689 g/mol. The zero-order chi connectivity index (χ0) is 35.9. The number of piperazine rings is 1. The van der Waals surface area contributed by atoms with Gasteiger partial charge >= 0.3 is 17.9 Å². The number of aromatic amines is 1. The molecule has 3 fully saturated rings. The van der Waals surface area contributed by atoms with E-state index >= 15 is 0 Å². The molecule has 272 valence electrons. The van der Waals surface area contributed by atoms with Crippen LogP contribution in [0.4, 0.5) is 18.0 Å². The van der Waals surface area contributed by atoms with Crippen molar-refractivity contribution in [3.05, 3.63) is 69.2 Å². The number of hydrogen-bond acceptors (Lipinski definition) is 7. The Balaban J connectivity index is 1.07. The zero-order valence-corrected chi connectivity index (χ0v) is 28.6. The molecule has 3 aliphatic rings. The lowest BCUT2D eigenvalue weighted by atomic mass is 9.98. The molecule has 51 heavy (non-hydrogen) atoms. The number of hydrogen-bond donors (Lipinski definition) is 4. The number of para-hydroxylation sites is 1. The number of imidazole rings is 1. The molecule has 3 amide bonds. The van der Waals surface area contributed by atoms with Crippen molar-refractivity contribution >= 4 is 45.5 Å². The van der Waals surface area contributed by atoms with Crippen molar-refractivity contribution in [3.8, 4) is 5.75 Å². The Kier molecular flexibility index (Phi) is 9.87. The fourth-order valence-electron chi connectivity index (χ4n) is 7.80. The minimum absolute atomic E-state index is 0.0537. The largest absolute Gasteiger partial charge is 0.506 e. The van der Waals surface area contributed by atoms with Crippen LogP contribution in [-0.4, -0.2) is 111 Å². The van der Waals surface area contributed by atoms with Gasteiger partial charge in [0.05, 0.1) is 33.3 Å². The maximum absolute atomic E-state index is 14.0. The first kappa shape index (κ1) is 35.1. The van der Waals surface area contributed by atoms with Crippen LogP contribution >= 0.6 is 11.6 Å². The molecule has 1 atom stereocenters. The Hall–Kier alpha value is -4.34. The normalized spacial score (nSPS) is 19.1. The molecule has 16 heteroatoms. The van der Waals surface area contributed by atoms with E-state index in [4.69, 9.17) is 11.6 Å². The first-order valence-electron chi connectivity index (χ1n) is 17.3. The summed E-state index contributed by atoms with van der Waals surface area (Å²) in [6.45, 7) is 5.17. The van der Waals surface area contributed by atoms with E-state index in [2.05, 4.69) is 25.5 Å². The molecule has 0 spiro atoms. The van der Waals surface area contributed by atoms with E-state index in [1.807, 2.05) is 24.3 Å². The van der Waals surface area contributed by atoms with Crippen LogP contribution in [0.2, 0.25) is 5.02 Å². The monoisotopic (exact) mass is 728 g/mol. The number of likely N-dealkylation sites (tertiary alicyclic amines) is 2. The van der Waals surface area contributed by atoms with E-state index in [1.165, 1.54) is 6.07 Å². The number of halogens is 4. The highest BCUT2D eigenvalue weighted by molar-refractivity contribution is 6.32. The molecule has 12 nitrogen and oxygen atoms in total. The Morgan fingerprint density at radius 1 is 0.980 bits per heavy atom. The predicted octanol–water partition coefficient (Wildman–Crippen LogP) is 4.11. The number of aromatic nitrogens is 3. The number of urea groups is 1. The predicted molar refractivity (Wildman–Crippen MR) is 186 cm³/mol. The number of fused-ring (bicyclic) bond motifs is 3. The molecule has 0 saturated carbocycles. The number of nitrogens with zero attached hydrogens (tertiary/aromatic N) is 5. The van der Waals surface area contributed by atoms with Gasteiger partial charge in [0.1, 0.15) is 11.8 Å². The maximum atomic E-state index is 14.0. The summed E-state index contributed by atoms with van der Waals surface area (Å²) in [5.41, 5.74) is 0.631. The number of phenols is 1. The first-order valence-corrected chi connectivity index (χ1v) is 17.7. The Morgan fingerprint density at radius 3 is 2.35 bits per heavy atom. The Bertz CT molecular complexity index is 1980. The number of pyridine rings is 1. The third kappa shape index (κ3) is 7.24. The van der Waals surface area contributed by atoms with Crippen molar-refractivity contribution in [2.24, 2.45) is 0 Å². The summed E-state index contributed by atoms with van der Waals surface area (Å²) in [5, 5.41) is 16.5. The fraction of sp³-hybridized carbons (Fsp3) is 0.486. The first-order chi connectivity index (χ1) is 24.5. The lowest BCUT2D eigenvalue weighted by molar-refractivity contribution is -0.138. The Labute approximate surface area is 296 Å². The average Bonchev–Trinajstić information content (AvgIpc) is 3.48. The number of rotatable bonds is 6. The zero-order valence-electron chi connectivity index (χ0n) is 27.9. The molecule has 0 bridgehead atoms. The summed E-state index contributed by atoms with van der Waals surface area (Å²) >= 11 is 6.01. The molecular formula is C35H40ClF3N8O4. The van der Waals surface area contributed by atoms with E-state index in [0.29, 0.717) is 43.0 Å². The summed E-state index contributed by atoms with van der Waals surface area (Å²) < 4.78 is 42.9. The van der Waals surface area contributed by atoms with Crippen molar-refractivity contribution in [2.45, 2.75) is 56.4 Å². The Morgan fingerprint density at radius 2 is 1.65 bits per heavy atom. The summed E-state index contributed by atoms with van der Waals surface area (Å²) in [5.74, 6) is -1.48. The van der Waals surface area contributed by atoms with Gasteiger partial charge in [0, 0.05) is 76.2 Å². The van der Waals surface area contributed by atoms with Crippen LogP contribution in [0, 0.1) is 0 Å². The second-order valence-corrected chi connectivity index (χ2v) is 14.0. The highest BCUT2D eigenvalue weighted by Crippen LogP contribution is 2.40. The van der Waals surface area contributed by atoms with Crippen molar-refractivity contribution in [2.75, 3.05) is 52.4 Å². The van der Waals surface area contributed by atoms with Gasteiger partial charge in [-0.3, -0.25) is 19.2 Å². The minimum Gasteiger partial charge on any atom is -0.506 e. The number of phenolic OH excluding ortho intramolecular Hbond substituents is 1. The highest BCUT2D eigenvalue weighted by atomic mass is 35.5. The molecule has 5 heterocycles. The third-order valence-corrected chi connectivity index (χ3v) is 10.8. The van der Waals surface area contributed by atoms with Crippen LogP contribution in [-0.2, 0) is 17.4 Å². The maximum Gasteiger partial charge on any atom is 0.420 e. The smallest absolute Gasteiger partial charge is 0.420 e. The van der Waals surface area contributed by atoms with Crippen LogP contribution < -0.4 is 16.3 Å². The van der Waals surface area contributed by atoms with Gasteiger partial charge in [0.25, 0.3) is 0 Å². The summed E-state index contributed by atoms with van der Waals surface area (Å²) in [7, 11) is 0. The van der Waals surface area contributed by atoms with Crippen LogP contribution in [0.25, 0.3) is 21.9 Å². The van der Waals surface area contributed by atoms with E-state index in [-0.39, 0.29) is 42.7 Å². The summed E-state index contributed by atoms with van der Waals surface area (Å²) in [6, 6.07) is 7.93. The molecule has 2 aromatic carbocycles. The number of carbonyl (C=O) groups excluding carboxylic acids is 2. The molecule has 0 radical (unpaired) electrons. The van der Waals surface area contributed by atoms with Crippen molar-refractivity contribution in [3.63, 3.8) is 0 Å². The fourth-order valence-corrected chi connectivity index (χ4v) is 8.04. The molecule has 0 aliphatic carbocycles. The van der Waals surface area contributed by atoms with E-state index in [9.17, 15) is 32.7 Å². The quantitative estimate of drug-likeness (QED) is 0.235. The van der Waals surface area contributed by atoms with E-state index in [0.717, 1.165) is 56.0 Å². The minimum atomic E-state index is -4.88. The van der Waals surface area contributed by atoms with Crippen molar-refractivity contribution < 1.29 is 27.9 Å². The second kappa shape index (κ2) is 14.4. The van der Waals surface area contributed by atoms with E-state index < -0.39 is 34.6 Å². The number of piperidine rings is 2. The van der Waals surface area contributed by atoms with Gasteiger partial charge in [-0.25, -0.2) is 9.59 Å². The van der Waals surface area contributed by atoms with Crippen LogP contribution in [0.1, 0.15) is 42.9 Å². The van der Waals surface area contributed by atoms with Crippen LogP contribution in [0.3, 0.4) is 0 Å². The SMILES string of the molecule is O=C(N[C@H](Cc1cc(Cl)c(O)c(C(F)(F)F)c1)C(=O)N1CCC(N2CCNCC2)CC1)N1CCC(n2c(=O)[nH]c3c4ccccc4ncc32)CC1. The lowest BCUT2D eigenvalue weighted by Crippen LogP contribution is -2.57. The van der Waals surface area contributed by atoms with Gasteiger partial charge in [0.2, 0.25) is 5.91 Å². The lowest BCUT2D eigenvalue weighted by Gasteiger charge is -2.41. The molecule has 3 aliphatic heterocycles. The third-order valence-electron chi connectivity index (χ3n) is 10.5. The van der Waals surface area contributed by atoms with Gasteiger partial charge in [-0.15, -0.1) is 0 Å². The van der Waals surface area contributed by atoms with Crippen LogP contribution in [0.15, 0.2) is 47.4 Å². The number of alkyl halides is 3. The summed E-state index contributed by atoms with van der Waals surface area (Å²) in [6.07, 6.45) is -1.02. The molecule has 2 aromatic heterocycles. The number of aromatic hydroxyl groups is 1. The number of nitrogens with one attached hydrogen (secondary N) is 3. The van der Waals surface area contributed by atoms with E-state index in [1.54, 1.807) is 20.6 Å². The van der Waals surface area contributed by atoms with Crippen LogP contribution in [0.5, 0.6) is 5.75 Å². The summed E-state index contributed by atoms with van der Waals surface area (Å²) in [4.78, 5) is 54.0. The number of carbonyl (C=O) groups is 2. The molecule has 4 aromatic rings. The molecule has 0 unspecified atom stereocenters. The topological polar surface area (TPSA) is 139 Å². The average molecular weight is 729 g/mol. The van der Waals surface area contributed by atoms with Crippen molar-refractivity contribution in [1.82, 2.24) is 39.9 Å². The second-order valence-electron chi connectivity index (χ2n) is 13.6. The number of benzene rings is 2. The molecule has 3 saturated heterocycles. The van der Waals surface area contributed by atoms with Gasteiger partial charge < -0.3 is 30.5 Å².